The lowest BCUT2D eigenvalue weighted by Gasteiger charge is -1.93. The van der Waals surface area contributed by atoms with Crippen LogP contribution in [-0.4, -0.2) is 5.78 Å². The summed E-state index contributed by atoms with van der Waals surface area (Å²) >= 11 is 0. The molecule has 0 saturated heterocycles. The Morgan fingerprint density at radius 2 is 2.31 bits per heavy atom. The number of carbonyl (C=O) groups is 1. The van der Waals surface area contributed by atoms with E-state index in [4.69, 9.17) is 4.42 Å². The van der Waals surface area contributed by atoms with Crippen LogP contribution in [-0.2, 0) is 0 Å². The minimum atomic E-state index is 0.0891. The molecule has 0 aliphatic heterocycles. The number of hydrogen-bond acceptors (Lipinski definition) is 2. The summed E-state index contributed by atoms with van der Waals surface area (Å²) in [6.45, 7) is 4.00. The topological polar surface area (TPSA) is 30.2 Å². The van der Waals surface area contributed by atoms with Crippen LogP contribution in [0.2, 0.25) is 0 Å². The fraction of sp³-hybridized carbons (Fsp3) is 0.273. The van der Waals surface area contributed by atoms with E-state index in [1.54, 1.807) is 6.07 Å². The van der Waals surface area contributed by atoms with Crippen molar-refractivity contribution in [2.24, 2.45) is 0 Å². The Morgan fingerprint density at radius 1 is 1.54 bits per heavy atom. The van der Waals surface area contributed by atoms with E-state index in [1.807, 2.05) is 26.3 Å². The normalized spacial score (nSPS) is 9.69. The summed E-state index contributed by atoms with van der Waals surface area (Å²) in [5, 5.41) is 0. The molecule has 69 valence electrons. The van der Waals surface area contributed by atoms with E-state index in [0.717, 1.165) is 0 Å². The Balaban J connectivity index is 2.39. The highest BCUT2D eigenvalue weighted by molar-refractivity contribution is 5.96. The Hall–Kier alpha value is -1.31. The zero-order valence-electron chi connectivity index (χ0n) is 7.91. The Labute approximate surface area is 78.3 Å². The summed E-state index contributed by atoms with van der Waals surface area (Å²) < 4.78 is 4.81. The number of ketones is 1. The number of allylic oxidation sites excluding steroid dienone is 2. The molecule has 13 heavy (non-hydrogen) atoms. The van der Waals surface area contributed by atoms with Crippen molar-refractivity contribution in [1.29, 1.82) is 0 Å². The monoisotopic (exact) mass is 177 g/mol. The smallest absolute Gasteiger partial charge is 0.166 e. The number of rotatable bonds is 4. The molecule has 1 radical (unpaired) electrons. The quantitative estimate of drug-likeness (QED) is 0.662. The second kappa shape index (κ2) is 4.65. The first-order valence-electron chi connectivity index (χ1n) is 4.22. The van der Waals surface area contributed by atoms with Crippen molar-refractivity contribution in [3.05, 3.63) is 42.2 Å². The molecule has 2 nitrogen and oxygen atoms in total. The van der Waals surface area contributed by atoms with Crippen LogP contribution in [0.25, 0.3) is 0 Å². The zero-order chi connectivity index (χ0) is 9.68. The molecule has 1 heterocycles. The fourth-order valence-electron chi connectivity index (χ4n) is 0.943. The molecule has 0 N–H and O–H groups in total. The van der Waals surface area contributed by atoms with Crippen LogP contribution in [0.4, 0.5) is 0 Å². The highest BCUT2D eigenvalue weighted by atomic mass is 16.3. The van der Waals surface area contributed by atoms with Crippen molar-refractivity contribution in [2.75, 3.05) is 0 Å². The Kier molecular flexibility index (Phi) is 3.50. The Bertz CT molecular complexity index is 290. The predicted molar refractivity (Wildman–Crippen MR) is 51.4 cm³/mol. The molecule has 0 aliphatic carbocycles. The molecule has 1 rings (SSSR count). The highest BCUT2D eigenvalue weighted by Gasteiger charge is 2.04. The third-order valence-electron chi connectivity index (χ3n) is 1.60. The third-order valence-corrected chi connectivity index (χ3v) is 1.60. The maximum Gasteiger partial charge on any atom is 0.166 e. The van der Waals surface area contributed by atoms with Gasteiger partial charge in [-0.2, -0.15) is 0 Å². The largest absolute Gasteiger partial charge is 0.472 e. The molecule has 0 amide bonds. The summed E-state index contributed by atoms with van der Waals surface area (Å²) in [5.41, 5.74) is 1.83. The summed E-state index contributed by atoms with van der Waals surface area (Å²) in [6, 6.07) is 1.68. The van der Waals surface area contributed by atoms with E-state index in [0.29, 0.717) is 12.0 Å². The van der Waals surface area contributed by atoms with E-state index in [-0.39, 0.29) is 5.78 Å². The summed E-state index contributed by atoms with van der Waals surface area (Å²) in [7, 11) is 0. The maximum absolute atomic E-state index is 11.4. The molecular weight excluding hydrogens is 164 g/mol. The van der Waals surface area contributed by atoms with E-state index >= 15 is 0 Å². The second-order valence-electron chi connectivity index (χ2n) is 3.12. The molecule has 0 atom stereocenters. The van der Waals surface area contributed by atoms with Gasteiger partial charge in [0.25, 0.3) is 0 Å². The van der Waals surface area contributed by atoms with Gasteiger partial charge < -0.3 is 4.42 Å². The Morgan fingerprint density at radius 3 is 2.85 bits per heavy atom. The highest BCUT2D eigenvalue weighted by Crippen LogP contribution is 2.06. The molecule has 0 aromatic carbocycles. The molecule has 0 bridgehead atoms. The lowest BCUT2D eigenvalue weighted by molar-refractivity contribution is 0.0992. The number of Topliss-reactive ketones (excluding diaryl/α,β-unsaturated/α-hetero) is 1. The molecule has 0 aliphatic rings. The van der Waals surface area contributed by atoms with Crippen LogP contribution in [0, 0.1) is 6.42 Å². The van der Waals surface area contributed by atoms with E-state index in [1.165, 1.54) is 18.1 Å². The first-order valence-corrected chi connectivity index (χ1v) is 4.22. The second-order valence-corrected chi connectivity index (χ2v) is 3.12. The molecule has 0 unspecified atom stereocenters. The van der Waals surface area contributed by atoms with Crippen LogP contribution in [0.1, 0.15) is 30.6 Å². The van der Waals surface area contributed by atoms with Crippen molar-refractivity contribution < 1.29 is 9.21 Å². The molecule has 0 fully saturated rings. The first-order chi connectivity index (χ1) is 6.20. The summed E-state index contributed by atoms with van der Waals surface area (Å²) in [5.74, 6) is 0.0891. The number of hydrogen-bond donors (Lipinski definition) is 0. The van der Waals surface area contributed by atoms with Gasteiger partial charge in [-0.15, -0.1) is 0 Å². The van der Waals surface area contributed by atoms with Gasteiger partial charge in [-0.3, -0.25) is 4.79 Å². The standard InChI is InChI=1S/C11H13O2/c1-9(2)4-3-5-11(12)10-6-7-13-8-10/h3-4,6-8H,5H2,1-2H3. The van der Waals surface area contributed by atoms with Gasteiger partial charge in [-0.05, 0) is 26.3 Å². The minimum absolute atomic E-state index is 0.0891. The van der Waals surface area contributed by atoms with Gasteiger partial charge in [0.2, 0.25) is 0 Å². The lowest BCUT2D eigenvalue weighted by Crippen LogP contribution is -1.95. The van der Waals surface area contributed by atoms with Gasteiger partial charge in [0, 0.05) is 6.42 Å². The predicted octanol–water partition coefficient (Wildman–Crippen LogP) is 3.02. The van der Waals surface area contributed by atoms with E-state index in [2.05, 4.69) is 0 Å². The van der Waals surface area contributed by atoms with Crippen LogP contribution in [0.5, 0.6) is 0 Å². The van der Waals surface area contributed by atoms with Gasteiger partial charge in [-0.1, -0.05) is 11.6 Å². The first kappa shape index (κ1) is 9.78. The van der Waals surface area contributed by atoms with Crippen molar-refractivity contribution in [2.45, 2.75) is 20.3 Å². The van der Waals surface area contributed by atoms with Crippen molar-refractivity contribution in [1.82, 2.24) is 0 Å². The average molecular weight is 177 g/mol. The van der Waals surface area contributed by atoms with Crippen LogP contribution < -0.4 is 0 Å². The molecular formula is C11H13O2. The summed E-state index contributed by atoms with van der Waals surface area (Å²) in [6.07, 6.45) is 7.22. The maximum atomic E-state index is 11.4. The minimum Gasteiger partial charge on any atom is -0.472 e. The van der Waals surface area contributed by atoms with Gasteiger partial charge >= 0.3 is 0 Å². The van der Waals surface area contributed by atoms with E-state index in [9.17, 15) is 4.79 Å². The lowest BCUT2D eigenvalue weighted by atomic mass is 10.1. The molecule has 1 aromatic rings. The van der Waals surface area contributed by atoms with Crippen molar-refractivity contribution in [3.63, 3.8) is 0 Å². The SMILES string of the molecule is CC(C)=C[CH]CC(=O)c1ccoc1. The van der Waals surface area contributed by atoms with E-state index < -0.39 is 0 Å². The summed E-state index contributed by atoms with van der Waals surface area (Å²) in [4.78, 5) is 11.4. The van der Waals surface area contributed by atoms with Crippen LogP contribution in [0.15, 0.2) is 34.7 Å². The number of furan rings is 1. The van der Waals surface area contributed by atoms with Gasteiger partial charge in [0.05, 0.1) is 11.8 Å². The zero-order valence-corrected chi connectivity index (χ0v) is 7.91. The van der Waals surface area contributed by atoms with Crippen molar-refractivity contribution in [3.8, 4) is 0 Å². The van der Waals surface area contributed by atoms with Crippen LogP contribution in [0.3, 0.4) is 0 Å². The van der Waals surface area contributed by atoms with Crippen molar-refractivity contribution >= 4 is 5.78 Å². The average Bonchev–Trinajstić information content (AvgIpc) is 2.55. The third kappa shape index (κ3) is 3.28. The van der Waals surface area contributed by atoms with Gasteiger partial charge in [-0.25, -0.2) is 0 Å². The molecule has 1 aromatic heterocycles. The molecule has 0 spiro atoms. The van der Waals surface area contributed by atoms with Gasteiger partial charge in [0.15, 0.2) is 5.78 Å². The van der Waals surface area contributed by atoms with Gasteiger partial charge in [0.1, 0.15) is 6.26 Å². The number of carbonyl (C=O) groups excluding carboxylic acids is 1. The molecule has 2 heteroatoms. The molecule has 0 saturated carbocycles. The fourth-order valence-corrected chi connectivity index (χ4v) is 0.943. The van der Waals surface area contributed by atoms with Crippen LogP contribution >= 0.6 is 0 Å².